The Morgan fingerprint density at radius 2 is 1.88 bits per heavy atom. The fourth-order valence-corrected chi connectivity index (χ4v) is 3.82. The molecule has 2 heterocycles. The molecule has 1 aliphatic heterocycles. The zero-order valence-electron chi connectivity index (χ0n) is 13.5. The molecule has 0 aliphatic carbocycles. The summed E-state index contributed by atoms with van der Waals surface area (Å²) in [5.41, 5.74) is 7.78. The van der Waals surface area contributed by atoms with E-state index in [0.29, 0.717) is 41.4 Å². The summed E-state index contributed by atoms with van der Waals surface area (Å²) in [6.07, 6.45) is 0.597. The second-order valence-electron chi connectivity index (χ2n) is 5.59. The molecule has 0 atom stereocenters. The normalized spacial score (nSPS) is 13.0. The Hall–Kier alpha value is -2.71. The number of nitrogens with two attached hydrogens (primary N) is 1. The largest absolute Gasteiger partial charge is 0.376 e. The SMILES string of the molecule is CC(=O)c1ccc(NC(=O)Nc2sc3c(c2C(N)=O)CCOC3)cc1. The lowest BCUT2D eigenvalue weighted by molar-refractivity contribution is 0.0988. The van der Waals surface area contributed by atoms with E-state index in [0.717, 1.165) is 10.4 Å². The van der Waals surface area contributed by atoms with E-state index in [1.54, 1.807) is 24.3 Å². The molecule has 130 valence electrons. The number of carbonyl (C=O) groups excluding carboxylic acids is 3. The van der Waals surface area contributed by atoms with Crippen molar-refractivity contribution in [2.75, 3.05) is 17.2 Å². The molecular weight excluding hydrogens is 342 g/mol. The molecule has 3 amide bonds. The molecule has 2 aromatic rings. The van der Waals surface area contributed by atoms with Crippen LogP contribution in [-0.4, -0.2) is 24.3 Å². The average molecular weight is 359 g/mol. The molecule has 7 nitrogen and oxygen atoms in total. The van der Waals surface area contributed by atoms with Crippen molar-refractivity contribution in [3.05, 3.63) is 45.8 Å². The first-order valence-electron chi connectivity index (χ1n) is 7.67. The number of ether oxygens (including phenoxy) is 1. The van der Waals surface area contributed by atoms with Crippen molar-refractivity contribution >= 4 is 39.7 Å². The fraction of sp³-hybridized carbons (Fsp3) is 0.235. The quantitative estimate of drug-likeness (QED) is 0.729. The lowest BCUT2D eigenvalue weighted by Crippen LogP contribution is -2.22. The van der Waals surface area contributed by atoms with Crippen molar-refractivity contribution in [2.45, 2.75) is 20.0 Å². The standard InChI is InChI=1S/C17H17N3O4S/c1-9(21)10-2-4-11(5-3-10)19-17(23)20-16-14(15(18)22)12-6-7-24-8-13(12)25-16/h2-5H,6-8H2,1H3,(H2,18,22)(H2,19,20,23). The van der Waals surface area contributed by atoms with E-state index in [-0.39, 0.29) is 5.78 Å². The predicted octanol–water partition coefficient (Wildman–Crippen LogP) is 2.77. The van der Waals surface area contributed by atoms with Gasteiger partial charge in [-0.15, -0.1) is 11.3 Å². The van der Waals surface area contributed by atoms with Gasteiger partial charge >= 0.3 is 6.03 Å². The first-order valence-corrected chi connectivity index (χ1v) is 8.48. The summed E-state index contributed by atoms with van der Waals surface area (Å²) in [5.74, 6) is -0.617. The Bertz CT molecular complexity index is 842. The van der Waals surface area contributed by atoms with E-state index in [1.807, 2.05) is 0 Å². The molecule has 1 aromatic heterocycles. The van der Waals surface area contributed by atoms with Crippen molar-refractivity contribution in [3.8, 4) is 0 Å². The zero-order chi connectivity index (χ0) is 18.0. The maximum absolute atomic E-state index is 12.2. The number of fused-ring (bicyclic) bond motifs is 1. The second-order valence-corrected chi connectivity index (χ2v) is 6.69. The number of hydrogen-bond acceptors (Lipinski definition) is 5. The molecule has 0 unspecified atom stereocenters. The monoisotopic (exact) mass is 359 g/mol. The number of carbonyl (C=O) groups is 3. The summed E-state index contributed by atoms with van der Waals surface area (Å²) in [5, 5.41) is 5.76. The summed E-state index contributed by atoms with van der Waals surface area (Å²) in [6, 6.07) is 6.05. The molecule has 25 heavy (non-hydrogen) atoms. The van der Waals surface area contributed by atoms with Gasteiger partial charge in [0.2, 0.25) is 0 Å². The lowest BCUT2D eigenvalue weighted by Gasteiger charge is -2.12. The van der Waals surface area contributed by atoms with Crippen LogP contribution in [0.15, 0.2) is 24.3 Å². The predicted molar refractivity (Wildman–Crippen MR) is 95.3 cm³/mol. The van der Waals surface area contributed by atoms with E-state index in [2.05, 4.69) is 10.6 Å². The number of benzene rings is 1. The molecule has 3 rings (SSSR count). The number of primary amides is 1. The van der Waals surface area contributed by atoms with Gasteiger partial charge in [0, 0.05) is 16.1 Å². The maximum atomic E-state index is 12.2. The van der Waals surface area contributed by atoms with Crippen LogP contribution in [-0.2, 0) is 17.8 Å². The van der Waals surface area contributed by atoms with Crippen molar-refractivity contribution in [3.63, 3.8) is 0 Å². The van der Waals surface area contributed by atoms with Crippen molar-refractivity contribution in [1.82, 2.24) is 0 Å². The van der Waals surface area contributed by atoms with Crippen LogP contribution in [0.5, 0.6) is 0 Å². The Labute approximate surface area is 148 Å². The van der Waals surface area contributed by atoms with Gasteiger partial charge in [-0.3, -0.25) is 14.9 Å². The molecule has 4 N–H and O–H groups in total. The highest BCUT2D eigenvalue weighted by Gasteiger charge is 2.25. The third kappa shape index (κ3) is 3.70. The van der Waals surface area contributed by atoms with Gasteiger partial charge in [-0.05, 0) is 43.2 Å². The van der Waals surface area contributed by atoms with Crippen LogP contribution in [0.25, 0.3) is 0 Å². The Balaban J connectivity index is 1.75. The van der Waals surface area contributed by atoms with E-state index in [9.17, 15) is 14.4 Å². The van der Waals surface area contributed by atoms with Crippen molar-refractivity contribution < 1.29 is 19.1 Å². The van der Waals surface area contributed by atoms with E-state index < -0.39 is 11.9 Å². The first kappa shape index (κ1) is 17.1. The van der Waals surface area contributed by atoms with Crippen LogP contribution in [0.1, 0.15) is 38.1 Å². The molecule has 0 bridgehead atoms. The number of rotatable bonds is 4. The molecule has 0 spiro atoms. The number of thiophene rings is 1. The minimum absolute atomic E-state index is 0.0477. The number of anilines is 2. The summed E-state index contributed by atoms with van der Waals surface area (Å²) in [6.45, 7) is 2.41. The van der Waals surface area contributed by atoms with E-state index in [1.165, 1.54) is 18.3 Å². The second kappa shape index (κ2) is 7.04. The number of Topliss-reactive ketones (excluding diaryl/α,β-unsaturated/α-hetero) is 1. The lowest BCUT2D eigenvalue weighted by atomic mass is 10.1. The fourth-order valence-electron chi connectivity index (χ4n) is 2.63. The van der Waals surface area contributed by atoms with Gasteiger partial charge in [-0.1, -0.05) is 0 Å². The Morgan fingerprint density at radius 3 is 2.52 bits per heavy atom. The van der Waals surface area contributed by atoms with Crippen LogP contribution in [0.2, 0.25) is 0 Å². The van der Waals surface area contributed by atoms with Gasteiger partial charge in [0.15, 0.2) is 5.78 Å². The number of ketones is 1. The summed E-state index contributed by atoms with van der Waals surface area (Å²) >= 11 is 1.29. The van der Waals surface area contributed by atoms with Crippen molar-refractivity contribution in [1.29, 1.82) is 0 Å². The van der Waals surface area contributed by atoms with Crippen molar-refractivity contribution in [2.24, 2.45) is 5.73 Å². The van der Waals surface area contributed by atoms with Gasteiger partial charge in [-0.25, -0.2) is 4.79 Å². The van der Waals surface area contributed by atoms with E-state index in [4.69, 9.17) is 10.5 Å². The van der Waals surface area contributed by atoms with Gasteiger partial charge < -0.3 is 15.8 Å². The number of urea groups is 1. The average Bonchev–Trinajstić information content (AvgIpc) is 2.92. The smallest absolute Gasteiger partial charge is 0.324 e. The molecule has 1 aliphatic rings. The molecular formula is C17H17N3O4S. The minimum atomic E-state index is -0.569. The molecule has 0 radical (unpaired) electrons. The highest BCUT2D eigenvalue weighted by molar-refractivity contribution is 7.17. The van der Waals surface area contributed by atoms with Crippen LogP contribution in [0.4, 0.5) is 15.5 Å². The minimum Gasteiger partial charge on any atom is -0.376 e. The van der Waals surface area contributed by atoms with E-state index >= 15 is 0 Å². The highest BCUT2D eigenvalue weighted by atomic mass is 32.1. The van der Waals surface area contributed by atoms with Gasteiger partial charge in [0.05, 0.1) is 18.8 Å². The van der Waals surface area contributed by atoms with Gasteiger partial charge in [-0.2, -0.15) is 0 Å². The third-order valence-electron chi connectivity index (χ3n) is 3.84. The van der Waals surface area contributed by atoms with Gasteiger partial charge in [0.25, 0.3) is 5.91 Å². The number of nitrogens with one attached hydrogen (secondary N) is 2. The molecule has 0 fully saturated rings. The molecule has 8 heteroatoms. The molecule has 0 saturated heterocycles. The number of amides is 3. The van der Waals surface area contributed by atoms with Gasteiger partial charge in [0.1, 0.15) is 5.00 Å². The Morgan fingerprint density at radius 1 is 1.16 bits per heavy atom. The molecule has 0 saturated carbocycles. The Kier molecular flexibility index (Phi) is 4.82. The number of hydrogen-bond donors (Lipinski definition) is 3. The topological polar surface area (TPSA) is 111 Å². The van der Waals surface area contributed by atoms with Crippen LogP contribution in [0, 0.1) is 0 Å². The van der Waals surface area contributed by atoms with Crippen LogP contribution >= 0.6 is 11.3 Å². The zero-order valence-corrected chi connectivity index (χ0v) is 14.4. The van der Waals surface area contributed by atoms with Crippen LogP contribution in [0.3, 0.4) is 0 Å². The summed E-state index contributed by atoms with van der Waals surface area (Å²) in [7, 11) is 0. The van der Waals surface area contributed by atoms with Crippen LogP contribution < -0.4 is 16.4 Å². The molecule has 1 aromatic carbocycles. The maximum Gasteiger partial charge on any atom is 0.324 e. The summed E-state index contributed by atoms with van der Waals surface area (Å²) in [4.78, 5) is 36.2. The highest BCUT2D eigenvalue weighted by Crippen LogP contribution is 2.36. The summed E-state index contributed by atoms with van der Waals surface area (Å²) < 4.78 is 5.38. The third-order valence-corrected chi connectivity index (χ3v) is 4.96. The first-order chi connectivity index (χ1) is 12.0.